The molecule has 20 heteroatoms. The molecule has 0 saturated carbocycles. The van der Waals surface area contributed by atoms with Crippen molar-refractivity contribution >= 4 is 169 Å². The van der Waals surface area contributed by atoms with Gasteiger partial charge in [-0.3, -0.25) is 0 Å². The number of hydrogen-bond acceptors (Lipinski definition) is 8. The van der Waals surface area contributed by atoms with Crippen LogP contribution in [0.4, 0.5) is 34.1 Å². The van der Waals surface area contributed by atoms with Crippen molar-refractivity contribution in [3.63, 3.8) is 0 Å². The number of rotatable bonds is 17. The normalized spacial score (nSPS) is 11.0. The molecule has 16 N–H and O–H groups in total. The van der Waals surface area contributed by atoms with Crippen LogP contribution in [0.1, 0.15) is 72.1 Å². The highest BCUT2D eigenvalue weighted by molar-refractivity contribution is 6.39. The van der Waals surface area contributed by atoms with E-state index < -0.39 is 0 Å². The van der Waals surface area contributed by atoms with Crippen molar-refractivity contribution in [2.24, 2.45) is 11.5 Å². The van der Waals surface area contributed by atoms with E-state index in [1.54, 1.807) is 0 Å². The van der Waals surface area contributed by atoms with Gasteiger partial charge in [-0.1, -0.05) is 159 Å². The summed E-state index contributed by atoms with van der Waals surface area (Å²) in [6, 6.07) is 35.1. The lowest BCUT2D eigenvalue weighted by Gasteiger charge is -2.05. The predicted molar refractivity (Wildman–Crippen MR) is 390 cm³/mol. The molecule has 14 nitrogen and oxygen atoms in total. The zero-order chi connectivity index (χ0) is 64.3. The van der Waals surface area contributed by atoms with E-state index in [9.17, 15) is 0 Å². The summed E-state index contributed by atoms with van der Waals surface area (Å²) in [5.41, 5.74) is 57.3. The number of allylic oxidation sites excluding steroid dienone is 1. The van der Waals surface area contributed by atoms with Crippen LogP contribution in [0.25, 0.3) is 65.4 Å². The van der Waals surface area contributed by atoms with Crippen LogP contribution in [0.3, 0.4) is 0 Å². The Morgan fingerprint density at radius 3 is 0.865 bits per heavy atom. The molecule has 0 radical (unpaired) electrons. The summed E-state index contributed by atoms with van der Waals surface area (Å²) in [7, 11) is 0. The van der Waals surface area contributed by atoms with Gasteiger partial charge in [0.2, 0.25) is 0 Å². The van der Waals surface area contributed by atoms with Gasteiger partial charge >= 0.3 is 0 Å². The second kappa shape index (κ2) is 33.5. The summed E-state index contributed by atoms with van der Waals surface area (Å²) < 4.78 is 12.7. The maximum absolute atomic E-state index is 6.22. The van der Waals surface area contributed by atoms with Crippen LogP contribution in [0.2, 0.25) is 30.1 Å². The molecule has 6 heterocycles. The zero-order valence-electron chi connectivity index (χ0n) is 51.0. The highest BCUT2D eigenvalue weighted by atomic mass is 35.5. The van der Waals surface area contributed by atoms with Gasteiger partial charge in [-0.05, 0) is 105 Å². The molecule has 89 heavy (non-hydrogen) atoms. The van der Waals surface area contributed by atoms with Gasteiger partial charge in [-0.15, -0.1) is 6.58 Å². The third-order valence-corrected chi connectivity index (χ3v) is 16.8. The first kappa shape index (κ1) is 69.2. The minimum absolute atomic E-state index is 0.592. The fourth-order valence-electron chi connectivity index (χ4n) is 10.9. The number of halogens is 6. The topological polar surface area (TPSA) is 238 Å². The Morgan fingerprint density at radius 1 is 0.315 bits per heavy atom. The van der Waals surface area contributed by atoms with Gasteiger partial charge in [0.05, 0.1) is 63.2 Å². The van der Waals surface area contributed by atoms with Crippen molar-refractivity contribution < 1.29 is 0 Å². The lowest BCUT2D eigenvalue weighted by molar-refractivity contribution is 0.594. The van der Waals surface area contributed by atoms with Crippen molar-refractivity contribution in [3.05, 3.63) is 189 Å². The molecule has 0 amide bonds. The summed E-state index contributed by atoms with van der Waals surface area (Å²) >= 11 is 36.8. The quantitative estimate of drug-likeness (QED) is 0.0247. The third-order valence-electron chi connectivity index (χ3n) is 15.1. The van der Waals surface area contributed by atoms with E-state index in [2.05, 4.69) is 57.8 Å². The Bertz CT molecular complexity index is 4080. The molecule has 0 spiro atoms. The highest BCUT2D eigenvalue weighted by Crippen LogP contribution is 2.36. The minimum atomic E-state index is 0.592. The Hall–Kier alpha value is -7.24. The predicted octanol–water partition coefficient (Wildman–Crippen LogP) is 18.5. The Labute approximate surface area is 552 Å². The number of fused-ring (bicyclic) bond motifs is 6. The molecule has 0 saturated heterocycles. The molecule has 0 aliphatic carbocycles. The van der Waals surface area contributed by atoms with Crippen molar-refractivity contribution in [2.45, 2.75) is 111 Å². The molecule has 12 aromatic rings. The lowest BCUT2D eigenvalue weighted by atomic mass is 10.2. The molecule has 472 valence electrons. The van der Waals surface area contributed by atoms with Gasteiger partial charge in [-0.2, -0.15) is 0 Å². The van der Waals surface area contributed by atoms with E-state index >= 15 is 0 Å². The first-order valence-electron chi connectivity index (χ1n) is 30.1. The number of nitrogens with two attached hydrogens (primary N) is 8. The number of hydrogen-bond donors (Lipinski definition) is 8. The fraction of sp³-hybridized carbons (Fsp3) is 0.275. The summed E-state index contributed by atoms with van der Waals surface area (Å²) in [5.74, 6) is 0. The van der Waals surface area contributed by atoms with E-state index in [1.807, 2.05) is 149 Å². The summed E-state index contributed by atoms with van der Waals surface area (Å²) in [4.78, 5) is 0. The van der Waals surface area contributed by atoms with Crippen LogP contribution in [0.5, 0.6) is 0 Å². The summed E-state index contributed by atoms with van der Waals surface area (Å²) in [5, 5.41) is 10.1. The smallest absolute Gasteiger partial charge is 0.0682 e. The number of anilines is 6. The first-order valence-corrected chi connectivity index (χ1v) is 32.4. The molecule has 0 fully saturated rings. The summed E-state index contributed by atoms with van der Waals surface area (Å²) in [6.45, 7) is 16.9. The maximum atomic E-state index is 6.22. The van der Waals surface area contributed by atoms with E-state index in [4.69, 9.17) is 115 Å². The van der Waals surface area contributed by atoms with Gasteiger partial charge in [-0.25, -0.2) is 0 Å². The monoisotopic (exact) mass is 1320 g/mol. The SMILES string of the molecule is C=CCn1cc(Cl)c2c(N)cccc21.CCCCCCn1cc(Cl)c2c(N)cccc21.CCCCn1cc(Cl)c2c(N)cccc21.CCCn1cc(Cl)c2c(N)cccc21.NCCCn1cc(Cl)c2c(N)cccc21.NCCn1cc(Cl)c2c(N)cccc21. The van der Waals surface area contributed by atoms with Crippen LogP contribution >= 0.6 is 69.6 Å². The number of unbranched alkanes of at least 4 members (excludes halogenated alkanes) is 4. The van der Waals surface area contributed by atoms with Gasteiger partial charge in [0.1, 0.15) is 0 Å². The molecular formula is C69H84Cl6N14. The molecule has 0 atom stereocenters. The number of nitrogen functional groups attached to an aromatic ring is 6. The molecule has 12 rings (SSSR count). The fourth-order valence-corrected chi connectivity index (χ4v) is 12.8. The number of nitrogens with zero attached hydrogens (tertiary/aromatic N) is 6. The second-order valence-electron chi connectivity index (χ2n) is 21.6. The van der Waals surface area contributed by atoms with Crippen molar-refractivity contribution in [1.29, 1.82) is 0 Å². The van der Waals surface area contributed by atoms with Crippen LogP contribution in [-0.2, 0) is 39.3 Å². The Morgan fingerprint density at radius 2 is 0.584 bits per heavy atom. The van der Waals surface area contributed by atoms with Crippen LogP contribution in [0, 0.1) is 0 Å². The molecule has 0 bridgehead atoms. The number of benzene rings is 6. The second-order valence-corrected chi connectivity index (χ2v) is 24.0. The molecule has 0 unspecified atom stereocenters. The van der Waals surface area contributed by atoms with Crippen molar-refractivity contribution in [1.82, 2.24) is 27.4 Å². The van der Waals surface area contributed by atoms with Crippen LogP contribution in [-0.4, -0.2) is 40.5 Å². The van der Waals surface area contributed by atoms with Gasteiger partial charge < -0.3 is 73.3 Å². The first-order chi connectivity index (χ1) is 42.9. The van der Waals surface area contributed by atoms with E-state index in [-0.39, 0.29) is 0 Å². The van der Waals surface area contributed by atoms with Crippen molar-refractivity contribution in [3.8, 4) is 0 Å². The molecule has 6 aromatic carbocycles. The third kappa shape index (κ3) is 17.0. The standard InChI is InChI=1S/C14H19ClN2.C12H15ClN2.C11H14ClN3.C11H13ClN2.C11H11ClN2.C10H12ClN3/c1-2-3-4-5-9-17-10-11(15)14-12(16)7-6-8-13(14)17;1-2-3-7-15-8-9(13)12-10(14)5-4-6-11(12)15;12-8-7-15(6-2-5-13)10-4-1-3-9(14)11(8)10;2*1-2-6-14-7-8(12)11-9(13)4-3-5-10(11)14;11-7-6-14(5-4-12)9-3-1-2-8(13)10(7)9/h6-8,10H,2-5,9,16H2,1H3;4-6,8H,2-3,7,14H2,1H3;1,3-4,7H,2,5-6,13-14H2;3-5,7H,2,6,13H2,1H3;2-5,7H,1,6,13H2;1-3,6H,4-5,12-13H2. The Balaban J connectivity index is 0.000000152. The van der Waals surface area contributed by atoms with Gasteiger partial charge in [0.15, 0.2) is 0 Å². The van der Waals surface area contributed by atoms with Crippen LogP contribution in [0.15, 0.2) is 159 Å². The van der Waals surface area contributed by atoms with Crippen molar-refractivity contribution in [2.75, 3.05) is 47.5 Å². The highest BCUT2D eigenvalue weighted by Gasteiger charge is 2.14. The number of aryl methyl sites for hydroxylation is 4. The molecule has 6 aromatic heterocycles. The summed E-state index contributed by atoms with van der Waals surface area (Å²) in [6.07, 6.45) is 22.8. The molecule has 0 aliphatic rings. The largest absolute Gasteiger partial charge is 0.398 e. The average Bonchev–Trinajstić information content (AvgIpc) is 2.59. The van der Waals surface area contributed by atoms with E-state index in [0.29, 0.717) is 33.8 Å². The molecular weight excluding hydrogens is 1240 g/mol. The molecule has 0 aliphatic heterocycles. The minimum Gasteiger partial charge on any atom is -0.398 e. The van der Waals surface area contributed by atoms with E-state index in [0.717, 1.165) is 167 Å². The van der Waals surface area contributed by atoms with Gasteiger partial charge in [0, 0.05) is 149 Å². The van der Waals surface area contributed by atoms with Crippen LogP contribution < -0.4 is 45.9 Å². The number of aromatic nitrogens is 6. The average molecular weight is 1320 g/mol. The Kier molecular flexibility index (Phi) is 26.1. The van der Waals surface area contributed by atoms with Gasteiger partial charge in [0.25, 0.3) is 0 Å². The lowest BCUT2D eigenvalue weighted by Crippen LogP contribution is -2.08. The zero-order valence-corrected chi connectivity index (χ0v) is 55.6. The van der Waals surface area contributed by atoms with E-state index in [1.165, 1.54) is 32.1 Å². The maximum Gasteiger partial charge on any atom is 0.0682 e.